The first-order chi connectivity index (χ1) is 11.5. The van der Waals surface area contributed by atoms with Crippen molar-refractivity contribution in [1.29, 1.82) is 0 Å². The third-order valence-electron chi connectivity index (χ3n) is 2.93. The number of carbonyl (C=O) groups is 2. The van der Waals surface area contributed by atoms with Gasteiger partial charge in [-0.2, -0.15) is 0 Å². The van der Waals surface area contributed by atoms with Crippen molar-refractivity contribution in [1.82, 2.24) is 5.32 Å². The molecular weight excluding hydrogens is 337 g/mol. The predicted molar refractivity (Wildman–Crippen MR) is 86.6 cm³/mol. The number of nitrogens with one attached hydrogen (secondary N) is 1. The summed E-state index contributed by atoms with van der Waals surface area (Å²) in [6, 6.07) is 11.8. The van der Waals surface area contributed by atoms with Gasteiger partial charge < -0.3 is 14.8 Å². The second kappa shape index (κ2) is 8.88. The molecule has 0 aliphatic heterocycles. The van der Waals surface area contributed by atoms with Gasteiger partial charge in [0.15, 0.2) is 0 Å². The Morgan fingerprint density at radius 1 is 1.00 bits per heavy atom. The largest absolute Gasteiger partial charge is 0.490 e. The zero-order chi connectivity index (χ0) is 17.4. The van der Waals surface area contributed by atoms with Crippen LogP contribution in [0.3, 0.4) is 0 Å². The van der Waals surface area contributed by atoms with E-state index in [9.17, 15) is 14.0 Å². The lowest BCUT2D eigenvalue weighted by Crippen LogP contribution is -2.31. The van der Waals surface area contributed by atoms with Crippen molar-refractivity contribution < 1.29 is 23.5 Å². The van der Waals surface area contributed by atoms with Gasteiger partial charge in [-0.3, -0.25) is 9.59 Å². The maximum absolute atomic E-state index is 12.7. The molecule has 0 saturated carbocycles. The summed E-state index contributed by atoms with van der Waals surface area (Å²) in [6.07, 6.45) is 0. The van der Waals surface area contributed by atoms with Crippen LogP contribution in [-0.4, -0.2) is 31.6 Å². The second-order valence-corrected chi connectivity index (χ2v) is 5.15. The third-order valence-corrected chi connectivity index (χ3v) is 3.18. The number of hydrogen-bond acceptors (Lipinski definition) is 4. The first-order valence-electron chi connectivity index (χ1n) is 7.12. The van der Waals surface area contributed by atoms with E-state index in [1.807, 2.05) is 0 Å². The maximum Gasteiger partial charge on any atom is 0.325 e. The monoisotopic (exact) mass is 351 g/mol. The molecule has 0 bridgehead atoms. The fourth-order valence-corrected chi connectivity index (χ4v) is 1.88. The van der Waals surface area contributed by atoms with E-state index in [1.54, 1.807) is 24.3 Å². The Balaban J connectivity index is 1.63. The Labute approximate surface area is 143 Å². The van der Waals surface area contributed by atoms with Gasteiger partial charge in [0.1, 0.15) is 31.3 Å². The van der Waals surface area contributed by atoms with Crippen molar-refractivity contribution >= 4 is 23.5 Å². The van der Waals surface area contributed by atoms with Crippen molar-refractivity contribution in [3.8, 4) is 5.75 Å². The minimum absolute atomic E-state index is 0.0209. The average molecular weight is 352 g/mol. The van der Waals surface area contributed by atoms with Crippen LogP contribution in [0.2, 0.25) is 5.02 Å². The molecule has 0 fully saturated rings. The molecule has 0 unspecified atom stereocenters. The fraction of sp³-hybridized carbons (Fsp3) is 0.176. The van der Waals surface area contributed by atoms with E-state index in [2.05, 4.69) is 5.32 Å². The van der Waals surface area contributed by atoms with Crippen molar-refractivity contribution in [2.24, 2.45) is 0 Å². The Morgan fingerprint density at radius 3 is 2.33 bits per heavy atom. The average Bonchev–Trinajstić information content (AvgIpc) is 2.59. The lowest BCUT2D eigenvalue weighted by Gasteiger charge is -2.08. The predicted octanol–water partition coefficient (Wildman–Crippen LogP) is 2.83. The summed E-state index contributed by atoms with van der Waals surface area (Å²) in [5.74, 6) is -0.861. The summed E-state index contributed by atoms with van der Waals surface area (Å²) in [6.45, 7) is -0.104. The maximum atomic E-state index is 12.7. The van der Waals surface area contributed by atoms with Crippen LogP contribution in [-0.2, 0) is 9.53 Å². The molecule has 0 saturated heterocycles. The molecule has 0 aliphatic carbocycles. The van der Waals surface area contributed by atoms with Gasteiger partial charge >= 0.3 is 5.97 Å². The zero-order valence-corrected chi connectivity index (χ0v) is 13.4. The number of carbonyl (C=O) groups excluding carboxylic acids is 2. The molecule has 0 spiro atoms. The molecule has 1 amide bonds. The minimum Gasteiger partial charge on any atom is -0.490 e. The molecule has 1 N–H and O–H groups in total. The summed E-state index contributed by atoms with van der Waals surface area (Å²) in [7, 11) is 0. The fourth-order valence-electron chi connectivity index (χ4n) is 1.75. The summed E-state index contributed by atoms with van der Waals surface area (Å²) in [5.41, 5.74) is 0.395. The van der Waals surface area contributed by atoms with E-state index in [1.165, 1.54) is 24.3 Å². The molecule has 2 aromatic carbocycles. The highest BCUT2D eigenvalue weighted by Crippen LogP contribution is 2.11. The molecule has 2 rings (SSSR count). The van der Waals surface area contributed by atoms with E-state index in [0.717, 1.165) is 0 Å². The number of hydrogen-bond donors (Lipinski definition) is 1. The minimum atomic E-state index is -0.583. The Hall–Kier alpha value is -2.60. The summed E-state index contributed by atoms with van der Waals surface area (Å²) < 4.78 is 22.9. The van der Waals surface area contributed by atoms with Crippen LogP contribution in [0.5, 0.6) is 5.75 Å². The third kappa shape index (κ3) is 5.89. The second-order valence-electron chi connectivity index (χ2n) is 4.71. The Morgan fingerprint density at radius 2 is 1.67 bits per heavy atom. The van der Waals surface area contributed by atoms with E-state index < -0.39 is 11.9 Å². The quantitative estimate of drug-likeness (QED) is 0.615. The van der Waals surface area contributed by atoms with Gasteiger partial charge in [-0.1, -0.05) is 11.6 Å². The molecule has 5 nitrogen and oxygen atoms in total. The number of ether oxygens (including phenoxy) is 2. The van der Waals surface area contributed by atoms with Gasteiger partial charge in [0.05, 0.1) is 0 Å². The lowest BCUT2D eigenvalue weighted by atomic mass is 10.2. The SMILES string of the molecule is O=C(CNC(=O)c1ccc(Cl)cc1)OCCOc1ccc(F)cc1. The first kappa shape index (κ1) is 17.7. The van der Waals surface area contributed by atoms with Gasteiger partial charge in [-0.15, -0.1) is 0 Å². The van der Waals surface area contributed by atoms with E-state index in [-0.39, 0.29) is 25.6 Å². The molecule has 24 heavy (non-hydrogen) atoms. The van der Waals surface area contributed by atoms with Gasteiger partial charge in [-0.25, -0.2) is 4.39 Å². The van der Waals surface area contributed by atoms with Gasteiger partial charge in [0, 0.05) is 10.6 Å². The Bertz CT molecular complexity index is 689. The first-order valence-corrected chi connectivity index (χ1v) is 7.50. The standard InChI is InChI=1S/C17H15ClFNO4/c18-13-3-1-12(2-4-13)17(22)20-11-16(21)24-10-9-23-15-7-5-14(19)6-8-15/h1-8H,9-11H2,(H,20,22). The molecule has 2 aromatic rings. The normalized spacial score (nSPS) is 10.1. The van der Waals surface area contributed by atoms with Crippen LogP contribution in [0.25, 0.3) is 0 Å². The Kier molecular flexibility index (Phi) is 6.57. The van der Waals surface area contributed by atoms with Crippen LogP contribution in [0.15, 0.2) is 48.5 Å². The molecule has 0 heterocycles. The molecule has 0 radical (unpaired) electrons. The lowest BCUT2D eigenvalue weighted by molar-refractivity contribution is -0.143. The van der Waals surface area contributed by atoms with E-state index in [0.29, 0.717) is 16.3 Å². The van der Waals surface area contributed by atoms with Crippen molar-refractivity contribution in [2.45, 2.75) is 0 Å². The van der Waals surface area contributed by atoms with E-state index in [4.69, 9.17) is 21.1 Å². The van der Waals surface area contributed by atoms with Gasteiger partial charge in [-0.05, 0) is 48.5 Å². The molecule has 0 aliphatic rings. The number of benzene rings is 2. The highest BCUT2D eigenvalue weighted by atomic mass is 35.5. The summed E-state index contributed by atoms with van der Waals surface area (Å²) in [4.78, 5) is 23.3. The number of rotatable bonds is 7. The highest BCUT2D eigenvalue weighted by Gasteiger charge is 2.08. The molecular formula is C17H15ClFNO4. The molecule has 7 heteroatoms. The van der Waals surface area contributed by atoms with Crippen LogP contribution >= 0.6 is 11.6 Å². The van der Waals surface area contributed by atoms with Crippen LogP contribution in [0.1, 0.15) is 10.4 Å². The summed E-state index contributed by atoms with van der Waals surface area (Å²) >= 11 is 5.73. The van der Waals surface area contributed by atoms with Crippen molar-refractivity contribution in [3.63, 3.8) is 0 Å². The van der Waals surface area contributed by atoms with Crippen molar-refractivity contribution in [2.75, 3.05) is 19.8 Å². The topological polar surface area (TPSA) is 64.6 Å². The van der Waals surface area contributed by atoms with Crippen molar-refractivity contribution in [3.05, 3.63) is 64.9 Å². The number of esters is 1. The highest BCUT2D eigenvalue weighted by molar-refractivity contribution is 6.30. The van der Waals surface area contributed by atoms with Crippen LogP contribution in [0, 0.1) is 5.82 Å². The zero-order valence-electron chi connectivity index (χ0n) is 12.6. The van der Waals surface area contributed by atoms with Crippen LogP contribution < -0.4 is 10.1 Å². The number of halogens is 2. The van der Waals surface area contributed by atoms with Crippen LogP contribution in [0.4, 0.5) is 4.39 Å². The van der Waals surface area contributed by atoms with E-state index >= 15 is 0 Å². The molecule has 126 valence electrons. The molecule has 0 aromatic heterocycles. The smallest absolute Gasteiger partial charge is 0.325 e. The summed E-state index contributed by atoms with van der Waals surface area (Å²) in [5, 5.41) is 2.96. The molecule has 0 atom stereocenters. The van der Waals surface area contributed by atoms with Gasteiger partial charge in [0.25, 0.3) is 5.91 Å². The van der Waals surface area contributed by atoms with Gasteiger partial charge in [0.2, 0.25) is 0 Å². The number of amides is 1.